The van der Waals surface area contributed by atoms with Crippen molar-refractivity contribution in [2.75, 3.05) is 0 Å². The molecule has 0 saturated carbocycles. The van der Waals surface area contributed by atoms with Crippen LogP contribution in [0.25, 0.3) is 33.3 Å². The van der Waals surface area contributed by atoms with Crippen molar-refractivity contribution >= 4 is 21.7 Å². The third-order valence-corrected chi connectivity index (χ3v) is 5.54. The molecule has 5 aromatic rings. The van der Waals surface area contributed by atoms with Gasteiger partial charge in [-0.25, -0.2) is 4.79 Å². The van der Waals surface area contributed by atoms with E-state index >= 15 is 0 Å². The quantitative estimate of drug-likeness (QED) is 0.386. The molecule has 0 aliphatic rings. The molecule has 0 fully saturated rings. The van der Waals surface area contributed by atoms with Crippen molar-refractivity contribution in [1.82, 2.24) is 0 Å². The van der Waals surface area contributed by atoms with Gasteiger partial charge in [0.2, 0.25) is 0 Å². The second-order valence-corrected chi connectivity index (χ2v) is 7.55. The molecule has 31 heavy (non-hydrogen) atoms. The lowest BCUT2D eigenvalue weighted by molar-refractivity contribution is 0.308. The molecule has 0 atom stereocenters. The van der Waals surface area contributed by atoms with Crippen LogP contribution in [0.4, 0.5) is 0 Å². The van der Waals surface area contributed by atoms with E-state index in [1.54, 1.807) is 13.0 Å². The lowest BCUT2D eigenvalue weighted by Crippen LogP contribution is -2.05. The summed E-state index contributed by atoms with van der Waals surface area (Å²) in [5.74, 6) is 1.23. The summed E-state index contributed by atoms with van der Waals surface area (Å²) in [6, 6.07) is 21.7. The first kappa shape index (κ1) is 19.0. The lowest BCUT2D eigenvalue weighted by Gasteiger charge is -2.09. The van der Waals surface area contributed by atoms with Crippen molar-refractivity contribution in [3.05, 3.63) is 93.8 Å². The van der Waals surface area contributed by atoms with Crippen LogP contribution in [0.2, 0.25) is 0 Å². The van der Waals surface area contributed by atoms with E-state index in [1.807, 2.05) is 36.4 Å². The molecular formula is C26H20O5. The molecule has 3 aromatic carbocycles. The predicted octanol–water partition coefficient (Wildman–Crippen LogP) is 6.11. The molecule has 5 heteroatoms. The minimum absolute atomic E-state index is 0.0779. The number of ether oxygens (including phenoxy) is 1. The van der Waals surface area contributed by atoms with Gasteiger partial charge in [0.05, 0.1) is 5.56 Å². The number of aromatic hydroxyl groups is 1. The highest BCUT2D eigenvalue weighted by Gasteiger charge is 2.18. The SMILES string of the molecule is Cc1c(-c2cc3cc(OCc4cccc5ccccc45)ccc3o2)oc(=O)c(C)c1O. The first-order valence-electron chi connectivity index (χ1n) is 9.98. The van der Waals surface area contributed by atoms with E-state index < -0.39 is 5.63 Å². The summed E-state index contributed by atoms with van der Waals surface area (Å²) < 4.78 is 17.3. The summed E-state index contributed by atoms with van der Waals surface area (Å²) in [6.07, 6.45) is 0. The van der Waals surface area contributed by atoms with Gasteiger partial charge in [0.1, 0.15) is 23.7 Å². The van der Waals surface area contributed by atoms with Crippen LogP contribution >= 0.6 is 0 Å². The molecule has 2 heterocycles. The lowest BCUT2D eigenvalue weighted by atomic mass is 10.1. The summed E-state index contributed by atoms with van der Waals surface area (Å²) in [5.41, 5.74) is 1.80. The highest BCUT2D eigenvalue weighted by Crippen LogP contribution is 2.34. The van der Waals surface area contributed by atoms with E-state index in [-0.39, 0.29) is 17.1 Å². The summed E-state index contributed by atoms with van der Waals surface area (Å²) in [4.78, 5) is 12.0. The Balaban J connectivity index is 1.46. The van der Waals surface area contributed by atoms with Gasteiger partial charge in [-0.2, -0.15) is 0 Å². The molecule has 0 unspecified atom stereocenters. The van der Waals surface area contributed by atoms with Crippen LogP contribution in [-0.4, -0.2) is 5.11 Å². The average molecular weight is 412 g/mol. The Labute approximate surface area is 178 Å². The summed E-state index contributed by atoms with van der Waals surface area (Å²) >= 11 is 0. The molecule has 0 aliphatic carbocycles. The largest absolute Gasteiger partial charge is 0.507 e. The zero-order valence-electron chi connectivity index (χ0n) is 17.1. The van der Waals surface area contributed by atoms with Gasteiger partial charge >= 0.3 is 5.63 Å². The Bertz CT molecular complexity index is 1480. The number of fused-ring (bicyclic) bond motifs is 2. The topological polar surface area (TPSA) is 72.8 Å². The van der Waals surface area contributed by atoms with Crippen molar-refractivity contribution in [3.8, 4) is 23.0 Å². The van der Waals surface area contributed by atoms with E-state index in [2.05, 4.69) is 24.3 Å². The monoisotopic (exact) mass is 412 g/mol. The highest BCUT2D eigenvalue weighted by molar-refractivity contribution is 5.86. The number of rotatable bonds is 4. The maximum absolute atomic E-state index is 12.0. The van der Waals surface area contributed by atoms with Crippen molar-refractivity contribution < 1.29 is 18.7 Å². The first-order chi connectivity index (χ1) is 15.0. The standard InChI is InChI=1S/C26H20O5/c1-15-24(27)16(2)26(28)31-25(15)23-13-19-12-20(10-11-22(19)30-23)29-14-18-8-5-7-17-6-3-4-9-21(17)18/h3-13,27H,14H2,1-2H3. The van der Waals surface area contributed by atoms with Crippen LogP contribution in [0.15, 0.2) is 80.4 Å². The summed E-state index contributed by atoms with van der Waals surface area (Å²) in [7, 11) is 0. The van der Waals surface area contributed by atoms with Gasteiger partial charge in [0.25, 0.3) is 0 Å². The fourth-order valence-electron chi connectivity index (χ4n) is 3.77. The normalized spacial score (nSPS) is 11.3. The maximum atomic E-state index is 12.0. The van der Waals surface area contributed by atoms with Gasteiger partial charge in [-0.15, -0.1) is 0 Å². The fourth-order valence-corrected chi connectivity index (χ4v) is 3.77. The summed E-state index contributed by atoms with van der Waals surface area (Å²) in [5, 5.41) is 13.3. The maximum Gasteiger partial charge on any atom is 0.343 e. The van der Waals surface area contributed by atoms with Crippen molar-refractivity contribution in [1.29, 1.82) is 0 Å². The predicted molar refractivity (Wildman–Crippen MR) is 120 cm³/mol. The van der Waals surface area contributed by atoms with Gasteiger partial charge in [0.15, 0.2) is 11.5 Å². The van der Waals surface area contributed by atoms with Crippen molar-refractivity contribution in [3.63, 3.8) is 0 Å². The highest BCUT2D eigenvalue weighted by atomic mass is 16.5. The molecule has 5 rings (SSSR count). The number of hydrogen-bond donors (Lipinski definition) is 1. The van der Waals surface area contributed by atoms with Crippen LogP contribution in [-0.2, 0) is 6.61 Å². The molecule has 0 bridgehead atoms. The Morgan fingerprint density at radius 1 is 0.871 bits per heavy atom. The Morgan fingerprint density at radius 2 is 1.68 bits per heavy atom. The van der Waals surface area contributed by atoms with Crippen LogP contribution < -0.4 is 10.4 Å². The van der Waals surface area contributed by atoms with Crippen LogP contribution in [0, 0.1) is 13.8 Å². The Hall–Kier alpha value is -3.99. The van der Waals surface area contributed by atoms with Crippen molar-refractivity contribution in [2.45, 2.75) is 20.5 Å². The van der Waals surface area contributed by atoms with Crippen LogP contribution in [0.5, 0.6) is 11.5 Å². The van der Waals surface area contributed by atoms with Gasteiger partial charge in [-0.3, -0.25) is 0 Å². The van der Waals surface area contributed by atoms with Gasteiger partial charge in [0, 0.05) is 10.9 Å². The van der Waals surface area contributed by atoms with Gasteiger partial charge in [-0.1, -0.05) is 42.5 Å². The zero-order chi connectivity index (χ0) is 21.5. The number of hydrogen-bond acceptors (Lipinski definition) is 5. The first-order valence-corrected chi connectivity index (χ1v) is 9.98. The minimum Gasteiger partial charge on any atom is -0.507 e. The molecule has 0 aliphatic heterocycles. The van der Waals surface area contributed by atoms with Gasteiger partial charge < -0.3 is 18.7 Å². The molecule has 0 amide bonds. The average Bonchev–Trinajstić information content (AvgIpc) is 3.21. The molecule has 2 aromatic heterocycles. The molecule has 0 radical (unpaired) electrons. The molecule has 1 N–H and O–H groups in total. The van der Waals surface area contributed by atoms with E-state index in [0.717, 1.165) is 10.9 Å². The Kier molecular flexibility index (Phi) is 4.51. The Morgan fingerprint density at radius 3 is 2.55 bits per heavy atom. The molecule has 0 spiro atoms. The second-order valence-electron chi connectivity index (χ2n) is 7.55. The fraction of sp³-hybridized carbons (Fsp3) is 0.115. The van der Waals surface area contributed by atoms with E-state index in [9.17, 15) is 9.90 Å². The van der Waals surface area contributed by atoms with Crippen LogP contribution in [0.1, 0.15) is 16.7 Å². The minimum atomic E-state index is -0.585. The zero-order valence-corrected chi connectivity index (χ0v) is 17.1. The van der Waals surface area contributed by atoms with E-state index in [1.165, 1.54) is 17.7 Å². The van der Waals surface area contributed by atoms with Crippen LogP contribution in [0.3, 0.4) is 0 Å². The van der Waals surface area contributed by atoms with Gasteiger partial charge in [-0.05, 0) is 54.4 Å². The molecule has 5 nitrogen and oxygen atoms in total. The third kappa shape index (κ3) is 3.34. The summed E-state index contributed by atoms with van der Waals surface area (Å²) in [6.45, 7) is 3.65. The third-order valence-electron chi connectivity index (χ3n) is 5.54. The molecule has 154 valence electrons. The van der Waals surface area contributed by atoms with Crippen molar-refractivity contribution in [2.24, 2.45) is 0 Å². The smallest absolute Gasteiger partial charge is 0.343 e. The van der Waals surface area contributed by atoms with E-state index in [4.69, 9.17) is 13.6 Å². The number of benzene rings is 3. The molecule has 0 saturated heterocycles. The number of furan rings is 1. The molecular weight excluding hydrogens is 392 g/mol. The van der Waals surface area contributed by atoms with E-state index in [0.29, 0.717) is 29.3 Å². The second kappa shape index (κ2) is 7.36.